The second kappa shape index (κ2) is 9.70. The van der Waals surface area contributed by atoms with Gasteiger partial charge in [0, 0.05) is 56.9 Å². The van der Waals surface area contributed by atoms with Crippen molar-refractivity contribution in [1.29, 1.82) is 0 Å². The monoisotopic (exact) mass is 421 g/mol. The van der Waals surface area contributed by atoms with Gasteiger partial charge in [-0.1, -0.05) is 48.5 Å². The van der Waals surface area contributed by atoms with E-state index in [0.29, 0.717) is 25.1 Å². The smallest absolute Gasteiger partial charge is 0.0900 e. The number of rotatable bonds is 7. The fourth-order valence-corrected chi connectivity index (χ4v) is 5.60. The largest absolute Gasteiger partial charge is 0.389 e. The fourth-order valence-electron chi connectivity index (χ4n) is 5.60. The van der Waals surface area contributed by atoms with E-state index in [9.17, 15) is 5.11 Å². The number of para-hydroxylation sites is 1. The van der Waals surface area contributed by atoms with E-state index < -0.39 is 6.10 Å². The molecule has 0 bridgehead atoms. The van der Waals surface area contributed by atoms with Crippen molar-refractivity contribution in [1.82, 2.24) is 9.80 Å². The SMILES string of the molecule is OC(CO[C@H]1CCCC2Nc3ccccc3C21)CN1CCN(Cc2ccccc2)CC1. The van der Waals surface area contributed by atoms with Crippen LogP contribution in [0.1, 0.15) is 36.3 Å². The van der Waals surface area contributed by atoms with Crippen molar-refractivity contribution < 1.29 is 9.84 Å². The van der Waals surface area contributed by atoms with E-state index in [4.69, 9.17) is 4.74 Å². The predicted molar refractivity (Wildman–Crippen MR) is 124 cm³/mol. The number of aliphatic hydroxyl groups is 1. The van der Waals surface area contributed by atoms with Gasteiger partial charge in [-0.25, -0.2) is 0 Å². The summed E-state index contributed by atoms with van der Waals surface area (Å²) in [5.74, 6) is 0.415. The first-order chi connectivity index (χ1) is 15.3. The van der Waals surface area contributed by atoms with E-state index in [0.717, 1.165) is 39.1 Å². The van der Waals surface area contributed by atoms with E-state index in [-0.39, 0.29) is 6.10 Å². The molecule has 2 N–H and O–H groups in total. The van der Waals surface area contributed by atoms with E-state index in [1.807, 2.05) is 0 Å². The van der Waals surface area contributed by atoms with Crippen molar-refractivity contribution in [3.63, 3.8) is 0 Å². The van der Waals surface area contributed by atoms with Gasteiger partial charge in [0.1, 0.15) is 0 Å². The van der Waals surface area contributed by atoms with Crippen molar-refractivity contribution in [3.8, 4) is 0 Å². The van der Waals surface area contributed by atoms with Crippen LogP contribution in [-0.2, 0) is 11.3 Å². The average molecular weight is 422 g/mol. The lowest BCUT2D eigenvalue weighted by atomic mass is 9.80. The number of anilines is 1. The van der Waals surface area contributed by atoms with Gasteiger partial charge in [-0.15, -0.1) is 0 Å². The first-order valence-corrected chi connectivity index (χ1v) is 11.9. The minimum absolute atomic E-state index is 0.201. The Kier molecular flexibility index (Phi) is 6.55. The zero-order chi connectivity index (χ0) is 21.0. The standard InChI is InChI=1S/C26H35N3O2/c30-21(18-29-15-13-28(14-16-29)17-20-7-2-1-3-8-20)19-31-25-12-6-11-24-26(25)22-9-4-5-10-23(22)27-24/h1-5,7-10,21,24-27,30H,6,11-19H2/t21?,24?,25-,26?/m0/s1. The van der Waals surface area contributed by atoms with Gasteiger partial charge in [0.05, 0.1) is 18.8 Å². The van der Waals surface area contributed by atoms with E-state index in [1.54, 1.807) is 0 Å². The van der Waals surface area contributed by atoms with Crippen LogP contribution in [0.5, 0.6) is 0 Å². The molecular weight excluding hydrogens is 386 g/mol. The van der Waals surface area contributed by atoms with Gasteiger partial charge in [-0.05, 0) is 36.5 Å². The second-order valence-corrected chi connectivity index (χ2v) is 9.38. The van der Waals surface area contributed by atoms with Crippen molar-refractivity contribution in [2.24, 2.45) is 0 Å². The van der Waals surface area contributed by atoms with Gasteiger partial charge in [-0.2, -0.15) is 0 Å². The molecule has 3 aliphatic rings. The summed E-state index contributed by atoms with van der Waals surface area (Å²) >= 11 is 0. The summed E-state index contributed by atoms with van der Waals surface area (Å²) in [6.07, 6.45) is 3.25. The Morgan fingerprint density at radius 1 is 0.935 bits per heavy atom. The first-order valence-electron chi connectivity index (χ1n) is 11.9. The number of fused-ring (bicyclic) bond motifs is 3. The molecule has 5 rings (SSSR count). The Hall–Kier alpha value is -1.92. The third-order valence-corrected chi connectivity index (χ3v) is 7.18. The third kappa shape index (κ3) is 4.96. The van der Waals surface area contributed by atoms with Crippen LogP contribution in [0, 0.1) is 0 Å². The summed E-state index contributed by atoms with van der Waals surface area (Å²) in [7, 11) is 0. The van der Waals surface area contributed by atoms with Crippen molar-refractivity contribution >= 4 is 5.69 Å². The third-order valence-electron chi connectivity index (χ3n) is 7.18. The van der Waals surface area contributed by atoms with Crippen LogP contribution in [0.3, 0.4) is 0 Å². The molecular formula is C26H35N3O2. The number of aliphatic hydroxyl groups excluding tert-OH is 1. The average Bonchev–Trinajstić information content (AvgIpc) is 3.19. The van der Waals surface area contributed by atoms with Gasteiger partial charge in [0.25, 0.3) is 0 Å². The predicted octanol–water partition coefficient (Wildman–Crippen LogP) is 3.31. The van der Waals surface area contributed by atoms with Crippen LogP contribution >= 0.6 is 0 Å². The van der Waals surface area contributed by atoms with Crippen molar-refractivity contribution in [3.05, 3.63) is 65.7 Å². The lowest BCUT2D eigenvalue weighted by Gasteiger charge is -2.37. The van der Waals surface area contributed by atoms with Gasteiger partial charge in [-0.3, -0.25) is 9.80 Å². The van der Waals surface area contributed by atoms with Crippen LogP contribution in [0.2, 0.25) is 0 Å². The molecule has 2 fully saturated rings. The summed E-state index contributed by atoms with van der Waals surface area (Å²) in [5, 5.41) is 14.4. The summed E-state index contributed by atoms with van der Waals surface area (Å²) in [6, 6.07) is 19.8. The maximum absolute atomic E-state index is 10.7. The summed E-state index contributed by atoms with van der Waals surface area (Å²) < 4.78 is 6.33. The maximum Gasteiger partial charge on any atom is 0.0900 e. The molecule has 5 heteroatoms. The normalized spacial score (nSPS) is 27.3. The topological polar surface area (TPSA) is 48.0 Å². The zero-order valence-corrected chi connectivity index (χ0v) is 18.3. The molecule has 31 heavy (non-hydrogen) atoms. The Morgan fingerprint density at radius 2 is 1.68 bits per heavy atom. The molecule has 1 saturated carbocycles. The number of benzene rings is 2. The number of hydrogen-bond acceptors (Lipinski definition) is 5. The number of nitrogens with zero attached hydrogens (tertiary/aromatic N) is 2. The number of nitrogens with one attached hydrogen (secondary N) is 1. The Balaban J connectivity index is 1.07. The highest BCUT2D eigenvalue weighted by Gasteiger charge is 2.40. The van der Waals surface area contributed by atoms with Crippen LogP contribution < -0.4 is 5.32 Å². The maximum atomic E-state index is 10.7. The van der Waals surface area contributed by atoms with Crippen LogP contribution in [0.4, 0.5) is 5.69 Å². The first kappa shape index (κ1) is 21.0. The second-order valence-electron chi connectivity index (χ2n) is 9.38. The zero-order valence-electron chi connectivity index (χ0n) is 18.3. The number of piperazine rings is 1. The molecule has 2 heterocycles. The lowest BCUT2D eigenvalue weighted by Crippen LogP contribution is -2.49. The summed E-state index contributed by atoms with van der Waals surface area (Å²) in [6.45, 7) is 6.27. The Bertz CT molecular complexity index is 838. The lowest BCUT2D eigenvalue weighted by molar-refractivity contribution is -0.0457. The van der Waals surface area contributed by atoms with Crippen molar-refractivity contribution in [2.75, 3.05) is 44.6 Å². The Labute approximate surface area is 186 Å². The molecule has 0 amide bonds. The van der Waals surface area contributed by atoms with E-state index in [2.05, 4.69) is 69.7 Å². The molecule has 2 aromatic rings. The highest BCUT2D eigenvalue weighted by atomic mass is 16.5. The Morgan fingerprint density at radius 3 is 2.52 bits per heavy atom. The molecule has 4 atom stereocenters. The van der Waals surface area contributed by atoms with Crippen LogP contribution in [0.25, 0.3) is 0 Å². The molecule has 1 aliphatic carbocycles. The number of β-amino-alcohol motifs (C(OH)–C–C–N with tert-alkyl or cyclic N) is 1. The molecule has 5 nitrogen and oxygen atoms in total. The minimum Gasteiger partial charge on any atom is -0.389 e. The van der Waals surface area contributed by atoms with Crippen LogP contribution in [-0.4, -0.2) is 72.5 Å². The van der Waals surface area contributed by atoms with Crippen molar-refractivity contribution in [2.45, 2.75) is 50.0 Å². The van der Waals surface area contributed by atoms with Crippen LogP contribution in [0.15, 0.2) is 54.6 Å². The number of hydrogen-bond donors (Lipinski definition) is 2. The number of ether oxygens (including phenoxy) is 1. The summed E-state index contributed by atoms with van der Waals surface area (Å²) in [4.78, 5) is 4.88. The van der Waals surface area contributed by atoms with Gasteiger partial charge >= 0.3 is 0 Å². The van der Waals surface area contributed by atoms with Gasteiger partial charge in [0.15, 0.2) is 0 Å². The summed E-state index contributed by atoms with van der Waals surface area (Å²) in [5.41, 5.74) is 4.03. The fraction of sp³-hybridized carbons (Fsp3) is 0.538. The molecule has 0 aromatic heterocycles. The van der Waals surface area contributed by atoms with E-state index in [1.165, 1.54) is 29.7 Å². The molecule has 2 aromatic carbocycles. The highest BCUT2D eigenvalue weighted by molar-refractivity contribution is 5.60. The van der Waals surface area contributed by atoms with Gasteiger partial charge in [0.2, 0.25) is 0 Å². The molecule has 2 aliphatic heterocycles. The quantitative estimate of drug-likeness (QED) is 0.718. The minimum atomic E-state index is -0.425. The molecule has 1 saturated heterocycles. The molecule has 0 radical (unpaired) electrons. The molecule has 166 valence electrons. The highest BCUT2D eigenvalue weighted by Crippen LogP contribution is 2.44. The van der Waals surface area contributed by atoms with E-state index >= 15 is 0 Å². The van der Waals surface area contributed by atoms with Gasteiger partial charge < -0.3 is 15.2 Å². The molecule has 3 unspecified atom stereocenters. The molecule has 0 spiro atoms.